The molecule has 2 aromatic carbocycles. The van der Waals surface area contributed by atoms with Gasteiger partial charge in [-0.1, -0.05) is 60.7 Å². The van der Waals surface area contributed by atoms with E-state index in [2.05, 4.69) is 10.1 Å². The van der Waals surface area contributed by atoms with E-state index in [0.717, 1.165) is 11.1 Å². The van der Waals surface area contributed by atoms with Crippen LogP contribution in [-0.2, 0) is 6.54 Å². The predicted molar refractivity (Wildman–Crippen MR) is 68.3 cm³/mol. The Kier molecular flexibility index (Phi) is 3.76. The van der Waals surface area contributed by atoms with Crippen molar-refractivity contribution in [3.8, 4) is 0 Å². The van der Waals surface area contributed by atoms with E-state index in [-0.39, 0.29) is 0 Å². The van der Waals surface area contributed by atoms with Crippen LogP contribution >= 0.6 is 0 Å². The Morgan fingerprint density at radius 3 is 2.06 bits per heavy atom. The van der Waals surface area contributed by atoms with Gasteiger partial charge in [0.2, 0.25) is 0 Å². The third-order valence-electron chi connectivity index (χ3n) is 2.39. The van der Waals surface area contributed by atoms with Gasteiger partial charge in [0, 0.05) is 5.56 Å². The summed E-state index contributed by atoms with van der Waals surface area (Å²) < 4.78 is 0. The first kappa shape index (κ1) is 11.2. The van der Waals surface area contributed by atoms with Crippen molar-refractivity contribution in [3.05, 3.63) is 71.8 Å². The van der Waals surface area contributed by atoms with Crippen molar-refractivity contribution in [3.63, 3.8) is 0 Å². The molecule has 0 aromatic heterocycles. The molecule has 2 aromatic rings. The van der Waals surface area contributed by atoms with Gasteiger partial charge in [-0.15, -0.1) is 5.11 Å². The molecule has 1 N–H and O–H groups in total. The fourth-order valence-electron chi connectivity index (χ4n) is 1.53. The minimum atomic E-state index is 0.467. The van der Waals surface area contributed by atoms with Gasteiger partial charge in [0.05, 0.1) is 6.54 Å². The van der Waals surface area contributed by atoms with E-state index in [1.807, 2.05) is 60.7 Å². The van der Waals surface area contributed by atoms with Crippen LogP contribution in [0.5, 0.6) is 0 Å². The van der Waals surface area contributed by atoms with E-state index in [1.54, 1.807) is 0 Å². The highest BCUT2D eigenvalue weighted by molar-refractivity contribution is 5.98. The number of nitrogens with zero attached hydrogens (tertiary/aromatic N) is 2. The first-order chi connectivity index (χ1) is 8.40. The molecule has 2 rings (SSSR count). The maximum absolute atomic E-state index is 7.16. The van der Waals surface area contributed by atoms with Gasteiger partial charge in [-0.05, 0) is 5.56 Å². The molecule has 0 fully saturated rings. The van der Waals surface area contributed by atoms with E-state index < -0.39 is 0 Å². The number of amidine groups is 1. The van der Waals surface area contributed by atoms with Crippen LogP contribution in [0.3, 0.4) is 0 Å². The van der Waals surface area contributed by atoms with Gasteiger partial charge in [0.25, 0.3) is 0 Å². The standard InChI is InChI=1S/C14H13N3/c15-17-14(13-9-5-2-6-10-13)16-11-12-7-3-1-4-8-12/h1-10,15H,11H2/b16-14-,17-15?. The lowest BCUT2D eigenvalue weighted by Crippen LogP contribution is -1.96. The Bertz CT molecular complexity index is 504. The Morgan fingerprint density at radius 2 is 1.47 bits per heavy atom. The Hall–Kier alpha value is -2.29. The molecule has 3 heteroatoms. The van der Waals surface area contributed by atoms with Gasteiger partial charge in [0.1, 0.15) is 0 Å². The molecule has 3 nitrogen and oxygen atoms in total. The molecule has 0 radical (unpaired) electrons. The number of aliphatic imine (C=N–C) groups is 1. The number of benzene rings is 2. The highest BCUT2D eigenvalue weighted by atomic mass is 15.0. The molecule has 0 bridgehead atoms. The molecule has 84 valence electrons. The van der Waals surface area contributed by atoms with Crippen LogP contribution in [-0.4, -0.2) is 5.84 Å². The van der Waals surface area contributed by atoms with E-state index >= 15 is 0 Å². The molecular weight excluding hydrogens is 210 g/mol. The minimum absolute atomic E-state index is 0.467. The summed E-state index contributed by atoms with van der Waals surface area (Å²) in [5, 5.41) is 3.47. The van der Waals surface area contributed by atoms with Crippen LogP contribution in [0.4, 0.5) is 0 Å². The van der Waals surface area contributed by atoms with Crippen molar-refractivity contribution in [2.75, 3.05) is 0 Å². The maximum Gasteiger partial charge on any atom is 0.176 e. The van der Waals surface area contributed by atoms with E-state index in [0.29, 0.717) is 12.4 Å². The fourth-order valence-corrected chi connectivity index (χ4v) is 1.53. The second-order valence-electron chi connectivity index (χ2n) is 3.60. The number of rotatable bonds is 3. The fraction of sp³-hybridized carbons (Fsp3) is 0.0714. The minimum Gasteiger partial charge on any atom is -0.260 e. The van der Waals surface area contributed by atoms with Crippen molar-refractivity contribution >= 4 is 5.84 Å². The molecule has 0 saturated carbocycles. The quantitative estimate of drug-likeness (QED) is 0.469. The summed E-state index contributed by atoms with van der Waals surface area (Å²) in [5.74, 6) is 0.467. The second kappa shape index (κ2) is 5.70. The van der Waals surface area contributed by atoms with E-state index in [4.69, 9.17) is 5.53 Å². The van der Waals surface area contributed by atoms with Crippen molar-refractivity contribution < 1.29 is 0 Å². The summed E-state index contributed by atoms with van der Waals surface area (Å²) >= 11 is 0. The summed E-state index contributed by atoms with van der Waals surface area (Å²) in [4.78, 5) is 4.35. The normalized spacial score (nSPS) is 11.2. The zero-order chi connectivity index (χ0) is 11.9. The largest absolute Gasteiger partial charge is 0.260 e. The van der Waals surface area contributed by atoms with Crippen molar-refractivity contribution in [2.24, 2.45) is 10.1 Å². The first-order valence-corrected chi connectivity index (χ1v) is 5.41. The second-order valence-corrected chi connectivity index (χ2v) is 3.60. The van der Waals surface area contributed by atoms with Crippen LogP contribution in [0.2, 0.25) is 0 Å². The SMILES string of the molecule is N=N/C(=N\Cc1ccccc1)c1ccccc1. The van der Waals surface area contributed by atoms with E-state index in [9.17, 15) is 0 Å². The molecule has 0 atom stereocenters. The molecule has 0 aliphatic heterocycles. The summed E-state index contributed by atoms with van der Waals surface area (Å²) in [7, 11) is 0. The lowest BCUT2D eigenvalue weighted by Gasteiger charge is -2.00. The van der Waals surface area contributed by atoms with Crippen molar-refractivity contribution in [2.45, 2.75) is 6.54 Å². The summed E-state index contributed by atoms with van der Waals surface area (Å²) in [6.45, 7) is 0.549. The summed E-state index contributed by atoms with van der Waals surface area (Å²) in [6, 6.07) is 19.5. The maximum atomic E-state index is 7.16. The molecule has 0 unspecified atom stereocenters. The van der Waals surface area contributed by atoms with Gasteiger partial charge in [-0.2, -0.15) is 0 Å². The predicted octanol–water partition coefficient (Wildman–Crippen LogP) is 3.66. The van der Waals surface area contributed by atoms with Crippen LogP contribution < -0.4 is 0 Å². The number of nitrogens with one attached hydrogen (secondary N) is 1. The Balaban J connectivity index is 2.17. The Morgan fingerprint density at radius 1 is 0.882 bits per heavy atom. The average Bonchev–Trinajstić information content (AvgIpc) is 2.42. The van der Waals surface area contributed by atoms with Crippen molar-refractivity contribution in [1.82, 2.24) is 0 Å². The average molecular weight is 223 g/mol. The molecule has 17 heavy (non-hydrogen) atoms. The first-order valence-electron chi connectivity index (χ1n) is 5.41. The van der Waals surface area contributed by atoms with Crippen LogP contribution in [0.15, 0.2) is 70.8 Å². The highest BCUT2D eigenvalue weighted by Gasteiger charge is 2.00. The molecule has 0 heterocycles. The molecular formula is C14H13N3. The Labute approximate surface area is 100 Å². The van der Waals surface area contributed by atoms with Crippen LogP contribution in [0.25, 0.3) is 0 Å². The molecule has 0 spiro atoms. The van der Waals surface area contributed by atoms with Gasteiger partial charge >= 0.3 is 0 Å². The van der Waals surface area contributed by atoms with Gasteiger partial charge < -0.3 is 0 Å². The van der Waals surface area contributed by atoms with Crippen LogP contribution in [0, 0.1) is 5.53 Å². The molecule has 0 aliphatic carbocycles. The number of hydrogen-bond donors (Lipinski definition) is 1. The van der Waals surface area contributed by atoms with Crippen LogP contribution in [0.1, 0.15) is 11.1 Å². The van der Waals surface area contributed by atoms with E-state index in [1.165, 1.54) is 0 Å². The smallest absolute Gasteiger partial charge is 0.176 e. The lowest BCUT2D eigenvalue weighted by molar-refractivity contribution is 1.04. The number of hydrogen-bond acceptors (Lipinski definition) is 2. The lowest BCUT2D eigenvalue weighted by atomic mass is 10.2. The topological polar surface area (TPSA) is 48.6 Å². The molecule has 0 aliphatic rings. The van der Waals surface area contributed by atoms with Gasteiger partial charge in [-0.3, -0.25) is 4.99 Å². The molecule has 0 amide bonds. The highest BCUT2D eigenvalue weighted by Crippen LogP contribution is 2.06. The zero-order valence-electron chi connectivity index (χ0n) is 9.38. The van der Waals surface area contributed by atoms with Gasteiger partial charge in [-0.25, -0.2) is 5.53 Å². The summed E-state index contributed by atoms with van der Waals surface area (Å²) in [6.07, 6.45) is 0. The molecule has 0 saturated heterocycles. The zero-order valence-corrected chi connectivity index (χ0v) is 9.38. The monoisotopic (exact) mass is 223 g/mol. The van der Waals surface area contributed by atoms with Gasteiger partial charge in [0.15, 0.2) is 5.84 Å². The third kappa shape index (κ3) is 3.08. The summed E-state index contributed by atoms with van der Waals surface area (Å²) in [5.41, 5.74) is 9.15. The van der Waals surface area contributed by atoms with Crippen molar-refractivity contribution in [1.29, 1.82) is 5.53 Å². The third-order valence-corrected chi connectivity index (χ3v) is 2.39.